The summed E-state index contributed by atoms with van der Waals surface area (Å²) >= 11 is 4.96. The fourth-order valence-electron chi connectivity index (χ4n) is 2.75. The monoisotopic (exact) mass is 288 g/mol. The molecule has 2 N–H and O–H groups in total. The quantitative estimate of drug-likeness (QED) is 0.850. The van der Waals surface area contributed by atoms with Crippen LogP contribution < -0.4 is 10.6 Å². The molecule has 2 bridgehead atoms. The number of aromatic nitrogens is 2. The van der Waals surface area contributed by atoms with Crippen LogP contribution in [0.5, 0.6) is 0 Å². The van der Waals surface area contributed by atoms with Crippen molar-refractivity contribution in [3.05, 3.63) is 3.92 Å². The third kappa shape index (κ3) is 1.68. The molecule has 6 heteroatoms. The lowest BCUT2D eigenvalue weighted by atomic mass is 9.93. The van der Waals surface area contributed by atoms with Gasteiger partial charge in [0.25, 0.3) is 0 Å². The Morgan fingerprint density at radius 3 is 2.47 bits per heavy atom. The van der Waals surface area contributed by atoms with Crippen molar-refractivity contribution in [2.24, 2.45) is 17.6 Å². The number of nitrogens with zero attached hydrogens (tertiary/aromatic N) is 3. The molecule has 1 aromatic heterocycles. The average Bonchev–Trinajstić information content (AvgIpc) is 2.70. The molecule has 1 aromatic rings. The number of fused-ring (bicyclic) bond motifs is 2. The van der Waals surface area contributed by atoms with Crippen molar-refractivity contribution in [3.63, 3.8) is 0 Å². The number of rotatable bonds is 1. The molecule has 15 heavy (non-hydrogen) atoms. The van der Waals surface area contributed by atoms with E-state index in [9.17, 15) is 0 Å². The molecule has 3 rings (SSSR count). The van der Waals surface area contributed by atoms with Crippen molar-refractivity contribution in [1.82, 2.24) is 10.2 Å². The summed E-state index contributed by atoms with van der Waals surface area (Å²) in [5.41, 5.74) is 6.16. The van der Waals surface area contributed by atoms with E-state index in [1.54, 1.807) is 11.3 Å². The van der Waals surface area contributed by atoms with Gasteiger partial charge in [0.1, 0.15) is 0 Å². The molecule has 2 unspecified atom stereocenters. The molecule has 0 amide bonds. The average molecular weight is 289 g/mol. The van der Waals surface area contributed by atoms with Crippen molar-refractivity contribution in [1.29, 1.82) is 0 Å². The van der Waals surface area contributed by atoms with Gasteiger partial charge in [0.05, 0.1) is 0 Å². The molecule has 1 aliphatic heterocycles. The number of hydrogen-bond donors (Lipinski definition) is 1. The van der Waals surface area contributed by atoms with Crippen LogP contribution in [0.15, 0.2) is 3.92 Å². The molecule has 0 radical (unpaired) electrons. The van der Waals surface area contributed by atoms with Crippen LogP contribution in [-0.2, 0) is 0 Å². The molecular weight excluding hydrogens is 276 g/mol. The molecule has 0 spiro atoms. The summed E-state index contributed by atoms with van der Waals surface area (Å²) in [6.45, 7) is 2.11. The maximum absolute atomic E-state index is 6.16. The lowest BCUT2D eigenvalue weighted by molar-refractivity contribution is 0.356. The van der Waals surface area contributed by atoms with Crippen LogP contribution >= 0.6 is 27.3 Å². The first kappa shape index (κ1) is 9.99. The minimum atomic E-state index is 0.414. The fourth-order valence-corrected chi connectivity index (χ4v) is 3.85. The van der Waals surface area contributed by atoms with Crippen LogP contribution in [0.1, 0.15) is 12.8 Å². The lowest BCUT2D eigenvalue weighted by Crippen LogP contribution is -2.48. The maximum Gasteiger partial charge on any atom is 0.209 e. The van der Waals surface area contributed by atoms with Crippen LogP contribution in [0.2, 0.25) is 0 Å². The van der Waals surface area contributed by atoms with E-state index in [-0.39, 0.29) is 0 Å². The van der Waals surface area contributed by atoms with E-state index < -0.39 is 0 Å². The first-order valence-corrected chi connectivity index (χ1v) is 6.84. The summed E-state index contributed by atoms with van der Waals surface area (Å²) in [6, 6.07) is 0.414. The van der Waals surface area contributed by atoms with Gasteiger partial charge in [-0.2, -0.15) is 0 Å². The summed E-state index contributed by atoms with van der Waals surface area (Å²) in [4.78, 5) is 2.34. The zero-order valence-electron chi connectivity index (χ0n) is 8.27. The number of hydrogen-bond acceptors (Lipinski definition) is 5. The minimum Gasteiger partial charge on any atom is -0.346 e. The molecule has 2 fully saturated rings. The Morgan fingerprint density at radius 1 is 1.27 bits per heavy atom. The summed E-state index contributed by atoms with van der Waals surface area (Å²) in [5.74, 6) is 1.32. The van der Waals surface area contributed by atoms with Crippen LogP contribution in [0.3, 0.4) is 0 Å². The predicted molar refractivity (Wildman–Crippen MR) is 64.0 cm³/mol. The van der Waals surface area contributed by atoms with E-state index in [4.69, 9.17) is 5.73 Å². The third-order valence-corrected chi connectivity index (χ3v) is 4.98. The van der Waals surface area contributed by atoms with Gasteiger partial charge in [0.2, 0.25) is 5.13 Å². The molecule has 1 saturated heterocycles. The lowest BCUT2D eigenvalue weighted by Gasteiger charge is -2.35. The Balaban J connectivity index is 1.80. The van der Waals surface area contributed by atoms with Gasteiger partial charge in [0, 0.05) is 19.1 Å². The SMILES string of the molecule is NC1C2CCC1CN(c1nnc(Br)s1)C2. The van der Waals surface area contributed by atoms with E-state index in [0.717, 1.165) is 22.1 Å². The zero-order chi connectivity index (χ0) is 10.4. The Morgan fingerprint density at radius 2 is 1.93 bits per heavy atom. The number of piperidine rings is 1. The van der Waals surface area contributed by atoms with E-state index in [1.807, 2.05) is 0 Å². The minimum absolute atomic E-state index is 0.414. The van der Waals surface area contributed by atoms with Crippen molar-refractivity contribution in [2.45, 2.75) is 18.9 Å². The molecule has 2 atom stereocenters. The van der Waals surface area contributed by atoms with Crippen LogP contribution in [0.4, 0.5) is 5.13 Å². The third-order valence-electron chi connectivity index (χ3n) is 3.57. The highest BCUT2D eigenvalue weighted by molar-refractivity contribution is 9.11. The van der Waals surface area contributed by atoms with Crippen LogP contribution in [0.25, 0.3) is 0 Å². The van der Waals surface area contributed by atoms with Gasteiger partial charge in [-0.1, -0.05) is 11.3 Å². The van der Waals surface area contributed by atoms with Gasteiger partial charge in [-0.3, -0.25) is 0 Å². The number of anilines is 1. The molecule has 0 aromatic carbocycles. The second kappa shape index (κ2) is 3.68. The normalized spacial score (nSPS) is 34.8. The molecule has 1 saturated carbocycles. The first-order valence-electron chi connectivity index (χ1n) is 5.23. The van der Waals surface area contributed by atoms with Gasteiger partial charge in [0.15, 0.2) is 3.92 Å². The smallest absolute Gasteiger partial charge is 0.209 e. The Kier molecular flexibility index (Phi) is 2.45. The molecular formula is C9H13BrN4S. The zero-order valence-corrected chi connectivity index (χ0v) is 10.7. The number of nitrogens with two attached hydrogens (primary N) is 1. The second-order valence-electron chi connectivity index (χ2n) is 4.42. The summed E-state index contributed by atoms with van der Waals surface area (Å²) < 4.78 is 0.861. The van der Waals surface area contributed by atoms with Gasteiger partial charge < -0.3 is 10.6 Å². The molecule has 82 valence electrons. The van der Waals surface area contributed by atoms with Crippen LogP contribution in [-0.4, -0.2) is 29.3 Å². The number of halogens is 1. The molecule has 2 aliphatic rings. The van der Waals surface area contributed by atoms with Crippen LogP contribution in [0, 0.1) is 11.8 Å². The Labute approximate surface area is 101 Å². The topological polar surface area (TPSA) is 55.0 Å². The van der Waals surface area contributed by atoms with Gasteiger partial charge in [-0.05, 0) is 40.6 Å². The maximum atomic E-state index is 6.16. The highest BCUT2D eigenvalue weighted by Gasteiger charge is 2.40. The van der Waals surface area contributed by atoms with Crippen molar-refractivity contribution >= 4 is 32.4 Å². The van der Waals surface area contributed by atoms with Crippen molar-refractivity contribution in [2.75, 3.05) is 18.0 Å². The summed E-state index contributed by atoms with van der Waals surface area (Å²) in [6.07, 6.45) is 2.56. The van der Waals surface area contributed by atoms with E-state index in [2.05, 4.69) is 31.0 Å². The molecule has 2 heterocycles. The van der Waals surface area contributed by atoms with Gasteiger partial charge in [-0.25, -0.2) is 0 Å². The fraction of sp³-hybridized carbons (Fsp3) is 0.778. The predicted octanol–water partition coefficient (Wildman–Crippen LogP) is 1.47. The highest BCUT2D eigenvalue weighted by atomic mass is 79.9. The second-order valence-corrected chi connectivity index (χ2v) is 6.65. The standard InChI is InChI=1S/C9H13BrN4S/c10-8-12-13-9(15-8)14-3-5-1-2-6(4-14)7(5)11/h5-7H,1-4,11H2. The Hall–Kier alpha value is -0.200. The largest absolute Gasteiger partial charge is 0.346 e. The van der Waals surface area contributed by atoms with Gasteiger partial charge in [-0.15, -0.1) is 10.2 Å². The summed E-state index contributed by atoms with van der Waals surface area (Å²) in [7, 11) is 0. The van der Waals surface area contributed by atoms with E-state index >= 15 is 0 Å². The summed E-state index contributed by atoms with van der Waals surface area (Å²) in [5, 5.41) is 9.19. The first-order chi connectivity index (χ1) is 7.24. The molecule has 1 aliphatic carbocycles. The van der Waals surface area contributed by atoms with E-state index in [1.165, 1.54) is 12.8 Å². The van der Waals surface area contributed by atoms with Crippen molar-refractivity contribution in [3.8, 4) is 0 Å². The van der Waals surface area contributed by atoms with Crippen molar-refractivity contribution < 1.29 is 0 Å². The van der Waals surface area contributed by atoms with Gasteiger partial charge >= 0.3 is 0 Å². The molecule has 4 nitrogen and oxygen atoms in total. The highest BCUT2D eigenvalue weighted by Crippen LogP contribution is 2.38. The van der Waals surface area contributed by atoms with E-state index in [0.29, 0.717) is 17.9 Å². The Bertz CT molecular complexity index is 355.